The van der Waals surface area contributed by atoms with Crippen molar-refractivity contribution in [2.75, 3.05) is 0 Å². The highest BCUT2D eigenvalue weighted by Gasteiger charge is 2.84. The highest BCUT2D eigenvalue weighted by molar-refractivity contribution is 7.80. The first kappa shape index (κ1) is 17.7. The molecule has 2 N–H and O–H groups in total. The standard InChI is InChI=1S/C4H2F8O4S2/c5-1(6,3(9,10)17(13)14)2(7,8)4(11,12)18(15)16/h(H,13,14)(H,15,16). The molecule has 0 aromatic carbocycles. The molecular weight excluding hydrogens is 328 g/mol. The molecule has 0 aliphatic carbocycles. The monoisotopic (exact) mass is 330 g/mol. The van der Waals surface area contributed by atoms with Gasteiger partial charge >= 0.3 is 22.4 Å². The molecule has 0 aliphatic rings. The molecule has 0 saturated heterocycles. The lowest BCUT2D eigenvalue weighted by atomic mass is 10.2. The first-order chi connectivity index (χ1) is 7.64. The van der Waals surface area contributed by atoms with Crippen molar-refractivity contribution in [1.82, 2.24) is 0 Å². The summed E-state index contributed by atoms with van der Waals surface area (Å²) in [4.78, 5) is 0. The van der Waals surface area contributed by atoms with E-state index >= 15 is 0 Å². The van der Waals surface area contributed by atoms with Gasteiger partial charge in [-0.15, -0.1) is 0 Å². The lowest BCUT2D eigenvalue weighted by molar-refractivity contribution is -0.325. The van der Waals surface area contributed by atoms with Crippen LogP contribution in [0.2, 0.25) is 0 Å². The molecule has 0 aromatic rings. The van der Waals surface area contributed by atoms with Crippen LogP contribution in [0, 0.1) is 0 Å². The molecule has 110 valence electrons. The summed E-state index contributed by atoms with van der Waals surface area (Å²) in [6.07, 6.45) is 0. The second-order valence-corrected chi connectivity index (χ2v) is 4.70. The lowest BCUT2D eigenvalue weighted by Gasteiger charge is -2.33. The molecule has 2 atom stereocenters. The van der Waals surface area contributed by atoms with Gasteiger partial charge in [-0.3, -0.25) is 0 Å². The van der Waals surface area contributed by atoms with Crippen LogP contribution in [-0.4, -0.2) is 39.9 Å². The predicted molar refractivity (Wildman–Crippen MR) is 41.3 cm³/mol. The molecule has 0 radical (unpaired) electrons. The number of hydrogen-bond donors (Lipinski definition) is 2. The summed E-state index contributed by atoms with van der Waals surface area (Å²) in [5, 5.41) is -12.9. The fourth-order valence-corrected chi connectivity index (χ4v) is 1.28. The maximum absolute atomic E-state index is 12.5. The van der Waals surface area contributed by atoms with Gasteiger partial charge in [-0.25, -0.2) is 8.42 Å². The van der Waals surface area contributed by atoms with Gasteiger partial charge in [0.05, 0.1) is 0 Å². The Hall–Kier alpha value is -0.340. The van der Waals surface area contributed by atoms with E-state index in [4.69, 9.17) is 9.11 Å². The van der Waals surface area contributed by atoms with Crippen LogP contribution in [0.5, 0.6) is 0 Å². The van der Waals surface area contributed by atoms with Crippen LogP contribution in [0.4, 0.5) is 35.1 Å². The van der Waals surface area contributed by atoms with Crippen molar-refractivity contribution in [1.29, 1.82) is 0 Å². The van der Waals surface area contributed by atoms with Crippen LogP contribution in [0.3, 0.4) is 0 Å². The van der Waals surface area contributed by atoms with E-state index in [1.165, 1.54) is 0 Å². The minimum absolute atomic E-state index is 4.92. The van der Waals surface area contributed by atoms with Crippen molar-refractivity contribution in [2.45, 2.75) is 22.4 Å². The molecular formula is C4H2F8O4S2. The van der Waals surface area contributed by atoms with Gasteiger partial charge in [-0.1, -0.05) is 0 Å². The Morgan fingerprint density at radius 3 is 0.889 bits per heavy atom. The van der Waals surface area contributed by atoms with Crippen LogP contribution in [0.15, 0.2) is 0 Å². The SMILES string of the molecule is O=S(O)C(F)(F)C(F)(F)C(F)(F)C(F)(F)S(=O)O. The van der Waals surface area contributed by atoms with Crippen molar-refractivity contribution in [3.8, 4) is 0 Å². The van der Waals surface area contributed by atoms with E-state index in [1.54, 1.807) is 0 Å². The van der Waals surface area contributed by atoms with E-state index in [-0.39, 0.29) is 0 Å². The molecule has 0 bridgehead atoms. The van der Waals surface area contributed by atoms with E-state index in [2.05, 4.69) is 0 Å². The zero-order chi connectivity index (χ0) is 15.2. The van der Waals surface area contributed by atoms with E-state index in [1.807, 2.05) is 0 Å². The largest absolute Gasteiger partial charge is 0.413 e. The maximum Gasteiger partial charge on any atom is 0.413 e. The highest BCUT2D eigenvalue weighted by Crippen LogP contribution is 2.54. The third kappa shape index (κ3) is 2.25. The van der Waals surface area contributed by atoms with Crippen LogP contribution in [0.25, 0.3) is 0 Å². The Kier molecular flexibility index (Phi) is 4.56. The first-order valence-electron chi connectivity index (χ1n) is 3.37. The average Bonchev–Trinajstić information content (AvgIpc) is 2.15. The number of halogens is 8. The van der Waals surface area contributed by atoms with Crippen LogP contribution in [-0.2, 0) is 22.2 Å². The van der Waals surface area contributed by atoms with Crippen LogP contribution >= 0.6 is 0 Å². The number of alkyl halides is 8. The average molecular weight is 330 g/mol. The quantitative estimate of drug-likeness (QED) is 0.596. The molecule has 4 nitrogen and oxygen atoms in total. The van der Waals surface area contributed by atoms with Crippen LogP contribution < -0.4 is 0 Å². The van der Waals surface area contributed by atoms with Gasteiger partial charge in [-0.05, 0) is 0 Å². The molecule has 0 saturated carbocycles. The minimum Gasteiger partial charge on any atom is -0.301 e. The van der Waals surface area contributed by atoms with E-state index in [9.17, 15) is 43.5 Å². The molecule has 14 heteroatoms. The summed E-state index contributed by atoms with van der Waals surface area (Å²) in [7, 11) is 0. The topological polar surface area (TPSA) is 74.6 Å². The fourth-order valence-electron chi connectivity index (χ4n) is 0.585. The molecule has 0 fully saturated rings. The van der Waals surface area contributed by atoms with Gasteiger partial charge < -0.3 is 9.11 Å². The Balaban J connectivity index is 5.89. The van der Waals surface area contributed by atoms with Gasteiger partial charge in [-0.2, -0.15) is 35.1 Å². The zero-order valence-electron chi connectivity index (χ0n) is 7.55. The molecule has 0 aromatic heterocycles. The second-order valence-electron chi connectivity index (χ2n) is 2.68. The van der Waals surface area contributed by atoms with Crippen molar-refractivity contribution in [2.24, 2.45) is 0 Å². The Morgan fingerprint density at radius 1 is 0.611 bits per heavy atom. The first-order valence-corrected chi connectivity index (χ1v) is 5.58. The molecule has 0 heterocycles. The molecule has 0 rings (SSSR count). The van der Waals surface area contributed by atoms with Crippen molar-refractivity contribution in [3.63, 3.8) is 0 Å². The van der Waals surface area contributed by atoms with Gasteiger partial charge in [0.1, 0.15) is 0 Å². The summed E-state index contributed by atoms with van der Waals surface area (Å²) < 4.78 is 134. The van der Waals surface area contributed by atoms with Crippen molar-refractivity contribution < 1.29 is 52.6 Å². The number of hydrogen-bond acceptors (Lipinski definition) is 2. The summed E-state index contributed by atoms with van der Waals surface area (Å²) >= 11 is -9.83. The molecule has 18 heavy (non-hydrogen) atoms. The number of rotatable bonds is 5. The molecule has 0 aliphatic heterocycles. The lowest BCUT2D eigenvalue weighted by Crippen LogP contribution is -2.64. The summed E-state index contributed by atoms with van der Waals surface area (Å²) in [6.45, 7) is 0. The van der Waals surface area contributed by atoms with Gasteiger partial charge in [0, 0.05) is 0 Å². The molecule has 2 unspecified atom stereocenters. The molecule has 0 amide bonds. The Bertz CT molecular complexity index is 345. The normalized spacial score (nSPS) is 18.6. The summed E-state index contributed by atoms with van der Waals surface area (Å²) in [5.41, 5.74) is 0. The summed E-state index contributed by atoms with van der Waals surface area (Å²) in [6, 6.07) is 0. The van der Waals surface area contributed by atoms with Crippen molar-refractivity contribution >= 4 is 22.2 Å². The van der Waals surface area contributed by atoms with Crippen LogP contribution in [0.1, 0.15) is 0 Å². The smallest absolute Gasteiger partial charge is 0.301 e. The van der Waals surface area contributed by atoms with Crippen molar-refractivity contribution in [3.05, 3.63) is 0 Å². The second kappa shape index (κ2) is 4.64. The van der Waals surface area contributed by atoms with Gasteiger partial charge in [0.2, 0.25) is 22.2 Å². The van der Waals surface area contributed by atoms with Gasteiger partial charge in [0.25, 0.3) is 0 Å². The highest BCUT2D eigenvalue weighted by atomic mass is 32.2. The summed E-state index contributed by atoms with van der Waals surface area (Å²) in [5.74, 6) is -14.1. The maximum atomic E-state index is 12.5. The molecule has 0 spiro atoms. The Morgan fingerprint density at radius 2 is 0.778 bits per heavy atom. The zero-order valence-corrected chi connectivity index (χ0v) is 9.18. The third-order valence-corrected chi connectivity index (χ3v) is 2.95. The minimum atomic E-state index is -7.04. The van der Waals surface area contributed by atoms with Gasteiger partial charge in [0.15, 0.2) is 0 Å². The van der Waals surface area contributed by atoms with E-state index in [0.717, 1.165) is 0 Å². The predicted octanol–water partition coefficient (Wildman–Crippen LogP) is 1.89. The fraction of sp³-hybridized carbons (Fsp3) is 1.00. The Labute approximate surface area is 97.9 Å². The third-order valence-electron chi connectivity index (χ3n) is 1.56. The van der Waals surface area contributed by atoms with E-state index < -0.39 is 44.5 Å². The van der Waals surface area contributed by atoms with E-state index in [0.29, 0.717) is 0 Å².